The standard InChI is InChI=1S/C20H21NO2S2/c1-3-5-12-23-17-11-10-14-8-6-7-9-15(14)16(17)13-18-19(22)21(4-2)20(24)25-18/h6-11,13H,3-5,12H2,1-2H3/b18-13+. The Morgan fingerprint density at radius 3 is 2.72 bits per heavy atom. The van der Waals surface area contributed by atoms with E-state index in [1.807, 2.05) is 31.2 Å². The topological polar surface area (TPSA) is 29.5 Å². The highest BCUT2D eigenvalue weighted by Gasteiger charge is 2.31. The molecular weight excluding hydrogens is 350 g/mol. The Morgan fingerprint density at radius 2 is 2.00 bits per heavy atom. The van der Waals surface area contributed by atoms with Gasteiger partial charge in [0.25, 0.3) is 5.91 Å². The van der Waals surface area contributed by atoms with Crippen LogP contribution in [-0.4, -0.2) is 28.3 Å². The van der Waals surface area contributed by atoms with E-state index in [-0.39, 0.29) is 5.91 Å². The molecule has 1 aliphatic rings. The predicted octanol–water partition coefficient (Wildman–Crippen LogP) is 5.24. The average molecular weight is 372 g/mol. The molecule has 1 amide bonds. The Hall–Kier alpha value is -1.85. The van der Waals surface area contributed by atoms with Crippen LogP contribution in [-0.2, 0) is 4.79 Å². The van der Waals surface area contributed by atoms with Crippen LogP contribution < -0.4 is 4.74 Å². The summed E-state index contributed by atoms with van der Waals surface area (Å²) in [4.78, 5) is 14.9. The van der Waals surface area contributed by atoms with E-state index < -0.39 is 0 Å². The summed E-state index contributed by atoms with van der Waals surface area (Å²) in [6.45, 7) is 5.34. The maximum absolute atomic E-state index is 12.6. The minimum absolute atomic E-state index is 0.0232. The quantitative estimate of drug-likeness (QED) is 0.394. The van der Waals surface area contributed by atoms with Crippen molar-refractivity contribution in [3.63, 3.8) is 0 Å². The molecule has 0 spiro atoms. The minimum Gasteiger partial charge on any atom is -0.493 e. The smallest absolute Gasteiger partial charge is 0.266 e. The van der Waals surface area contributed by atoms with Crippen molar-refractivity contribution < 1.29 is 9.53 Å². The highest BCUT2D eigenvalue weighted by atomic mass is 32.2. The Morgan fingerprint density at radius 1 is 1.20 bits per heavy atom. The number of thioether (sulfide) groups is 1. The maximum atomic E-state index is 12.6. The summed E-state index contributed by atoms with van der Waals surface area (Å²) in [5.74, 6) is 0.791. The molecular formula is C20H21NO2S2. The molecule has 1 aliphatic heterocycles. The first-order valence-electron chi connectivity index (χ1n) is 8.55. The van der Waals surface area contributed by atoms with Crippen molar-refractivity contribution >= 4 is 51.1 Å². The van der Waals surface area contributed by atoms with E-state index in [0.717, 1.165) is 34.9 Å². The second-order valence-corrected chi connectivity index (χ2v) is 7.50. The molecule has 0 unspecified atom stereocenters. The van der Waals surface area contributed by atoms with Crippen LogP contribution in [0.5, 0.6) is 5.75 Å². The Balaban J connectivity index is 2.06. The fourth-order valence-corrected chi connectivity index (χ4v) is 4.15. The van der Waals surface area contributed by atoms with Crippen LogP contribution in [0.25, 0.3) is 16.8 Å². The van der Waals surface area contributed by atoms with Crippen LogP contribution in [0.15, 0.2) is 41.3 Å². The zero-order valence-corrected chi connectivity index (χ0v) is 16.1. The number of hydrogen-bond donors (Lipinski definition) is 0. The number of benzene rings is 2. The fraction of sp³-hybridized carbons (Fsp3) is 0.300. The van der Waals surface area contributed by atoms with Gasteiger partial charge < -0.3 is 4.74 Å². The van der Waals surface area contributed by atoms with Gasteiger partial charge in [-0.15, -0.1) is 0 Å². The molecule has 0 radical (unpaired) electrons. The van der Waals surface area contributed by atoms with E-state index in [9.17, 15) is 4.79 Å². The maximum Gasteiger partial charge on any atom is 0.266 e. The number of likely N-dealkylation sites (N-methyl/N-ethyl adjacent to an activating group) is 1. The number of amides is 1. The first kappa shape index (κ1) is 18.0. The van der Waals surface area contributed by atoms with Crippen LogP contribution >= 0.6 is 24.0 Å². The van der Waals surface area contributed by atoms with Crippen LogP contribution in [0.3, 0.4) is 0 Å². The van der Waals surface area contributed by atoms with Crippen LogP contribution in [0.1, 0.15) is 32.3 Å². The lowest BCUT2D eigenvalue weighted by atomic mass is 10.0. The van der Waals surface area contributed by atoms with Crippen molar-refractivity contribution in [3.8, 4) is 5.75 Å². The van der Waals surface area contributed by atoms with Crippen molar-refractivity contribution in [2.24, 2.45) is 0 Å². The average Bonchev–Trinajstić information content (AvgIpc) is 2.89. The molecule has 25 heavy (non-hydrogen) atoms. The van der Waals surface area contributed by atoms with E-state index in [0.29, 0.717) is 22.4 Å². The van der Waals surface area contributed by atoms with E-state index in [1.54, 1.807) is 4.90 Å². The zero-order chi connectivity index (χ0) is 17.8. The van der Waals surface area contributed by atoms with Gasteiger partial charge in [0, 0.05) is 12.1 Å². The van der Waals surface area contributed by atoms with Gasteiger partial charge in [-0.3, -0.25) is 9.69 Å². The fourth-order valence-electron chi connectivity index (χ4n) is 2.78. The van der Waals surface area contributed by atoms with Gasteiger partial charge in [0.2, 0.25) is 0 Å². The number of ether oxygens (including phenoxy) is 1. The highest BCUT2D eigenvalue weighted by molar-refractivity contribution is 8.26. The number of hydrogen-bond acceptors (Lipinski definition) is 4. The Labute approximate surface area is 158 Å². The third kappa shape index (κ3) is 3.72. The normalized spacial score (nSPS) is 16.2. The largest absolute Gasteiger partial charge is 0.493 e. The molecule has 2 aromatic carbocycles. The molecule has 3 nitrogen and oxygen atoms in total. The Kier molecular flexibility index (Phi) is 5.76. The molecule has 130 valence electrons. The number of nitrogens with zero attached hydrogens (tertiary/aromatic N) is 1. The zero-order valence-electron chi connectivity index (χ0n) is 14.5. The van der Waals surface area contributed by atoms with Crippen molar-refractivity contribution in [2.75, 3.05) is 13.2 Å². The second-order valence-electron chi connectivity index (χ2n) is 5.83. The van der Waals surface area contributed by atoms with Gasteiger partial charge in [0.15, 0.2) is 0 Å². The lowest BCUT2D eigenvalue weighted by Crippen LogP contribution is -2.27. The van der Waals surface area contributed by atoms with Crippen LogP contribution in [0.2, 0.25) is 0 Å². The third-order valence-corrected chi connectivity index (χ3v) is 5.53. The van der Waals surface area contributed by atoms with Crippen LogP contribution in [0.4, 0.5) is 0 Å². The molecule has 5 heteroatoms. The summed E-state index contributed by atoms with van der Waals surface area (Å²) < 4.78 is 6.62. The van der Waals surface area contributed by atoms with Gasteiger partial charge in [-0.1, -0.05) is 67.7 Å². The molecule has 0 N–H and O–H groups in total. The van der Waals surface area contributed by atoms with Gasteiger partial charge in [-0.25, -0.2) is 0 Å². The molecule has 0 aromatic heterocycles. The number of fused-ring (bicyclic) bond motifs is 1. The molecule has 0 saturated carbocycles. The number of carbonyl (C=O) groups is 1. The molecule has 1 saturated heterocycles. The molecule has 1 heterocycles. The van der Waals surface area contributed by atoms with E-state index in [2.05, 4.69) is 25.1 Å². The second kappa shape index (κ2) is 8.02. The molecule has 0 atom stereocenters. The Bertz CT molecular complexity index is 845. The summed E-state index contributed by atoms with van der Waals surface area (Å²) in [6, 6.07) is 12.2. The summed E-state index contributed by atoms with van der Waals surface area (Å²) in [5, 5.41) is 2.21. The van der Waals surface area contributed by atoms with Gasteiger partial charge >= 0.3 is 0 Å². The van der Waals surface area contributed by atoms with Crippen LogP contribution in [0, 0.1) is 0 Å². The molecule has 0 aliphatic carbocycles. The lowest BCUT2D eigenvalue weighted by Gasteiger charge is -2.12. The SMILES string of the molecule is CCCCOc1ccc2ccccc2c1/C=C1/SC(=S)N(CC)C1=O. The number of carbonyl (C=O) groups excluding carboxylic acids is 1. The van der Waals surface area contributed by atoms with E-state index >= 15 is 0 Å². The van der Waals surface area contributed by atoms with Crippen molar-refractivity contribution in [3.05, 3.63) is 46.9 Å². The van der Waals surface area contributed by atoms with Gasteiger partial charge in [-0.2, -0.15) is 0 Å². The number of unbranched alkanes of at least 4 members (excludes halogenated alkanes) is 1. The van der Waals surface area contributed by atoms with Crippen molar-refractivity contribution in [1.82, 2.24) is 4.90 Å². The number of rotatable bonds is 6. The van der Waals surface area contributed by atoms with E-state index in [4.69, 9.17) is 17.0 Å². The van der Waals surface area contributed by atoms with Crippen molar-refractivity contribution in [1.29, 1.82) is 0 Å². The van der Waals surface area contributed by atoms with Gasteiger partial charge in [0.1, 0.15) is 10.1 Å². The lowest BCUT2D eigenvalue weighted by molar-refractivity contribution is -0.121. The van der Waals surface area contributed by atoms with E-state index in [1.165, 1.54) is 11.8 Å². The number of thiocarbonyl (C=S) groups is 1. The molecule has 1 fully saturated rings. The summed E-state index contributed by atoms with van der Waals surface area (Å²) in [6.07, 6.45) is 4.01. The summed E-state index contributed by atoms with van der Waals surface area (Å²) in [5.41, 5.74) is 0.950. The first-order valence-corrected chi connectivity index (χ1v) is 9.78. The predicted molar refractivity (Wildman–Crippen MR) is 110 cm³/mol. The van der Waals surface area contributed by atoms with Gasteiger partial charge in [0.05, 0.1) is 11.5 Å². The summed E-state index contributed by atoms with van der Waals surface area (Å²) in [7, 11) is 0. The third-order valence-electron chi connectivity index (χ3n) is 4.15. The molecule has 0 bridgehead atoms. The highest BCUT2D eigenvalue weighted by Crippen LogP contribution is 2.36. The molecule has 3 rings (SSSR count). The monoisotopic (exact) mass is 371 g/mol. The minimum atomic E-state index is -0.0232. The summed E-state index contributed by atoms with van der Waals surface area (Å²) >= 11 is 6.68. The van der Waals surface area contributed by atoms with Gasteiger partial charge in [-0.05, 0) is 36.3 Å². The first-order chi connectivity index (χ1) is 12.2. The molecule has 2 aromatic rings. The van der Waals surface area contributed by atoms with Crippen molar-refractivity contribution in [2.45, 2.75) is 26.7 Å².